The van der Waals surface area contributed by atoms with Crippen molar-refractivity contribution in [2.45, 2.75) is 57.7 Å². The molecular formula is C12H23N3O3S. The van der Waals surface area contributed by atoms with Gasteiger partial charge in [-0.25, -0.2) is 18.5 Å². The van der Waals surface area contributed by atoms with Crippen molar-refractivity contribution < 1.29 is 13.2 Å². The third-order valence-corrected chi connectivity index (χ3v) is 3.25. The molecule has 1 aromatic heterocycles. The van der Waals surface area contributed by atoms with E-state index in [2.05, 4.69) is 4.98 Å². The topological polar surface area (TPSA) is 87.2 Å². The Bertz CT molecular complexity index is 515. The van der Waals surface area contributed by atoms with Gasteiger partial charge in [-0.1, -0.05) is 6.92 Å². The molecule has 19 heavy (non-hydrogen) atoms. The molecule has 0 aliphatic carbocycles. The number of ether oxygens (including phenoxy) is 1. The zero-order chi connectivity index (χ0) is 14.7. The van der Waals surface area contributed by atoms with Crippen LogP contribution in [0, 0.1) is 0 Å². The number of nitrogens with two attached hydrogens (primary N) is 1. The molecule has 7 heteroatoms. The molecule has 110 valence electrons. The van der Waals surface area contributed by atoms with Crippen molar-refractivity contribution >= 4 is 10.0 Å². The number of sulfonamides is 1. The lowest BCUT2D eigenvalue weighted by Gasteiger charge is -2.19. The Kier molecular flexibility index (Phi) is 5.11. The summed E-state index contributed by atoms with van der Waals surface area (Å²) in [6, 6.07) is 0. The molecule has 0 amide bonds. The van der Waals surface area contributed by atoms with Crippen LogP contribution in [-0.2, 0) is 27.7 Å². The second-order valence-corrected chi connectivity index (χ2v) is 6.95. The molecule has 6 nitrogen and oxygen atoms in total. The van der Waals surface area contributed by atoms with E-state index in [-0.39, 0.29) is 10.6 Å². The Morgan fingerprint density at radius 3 is 2.53 bits per heavy atom. The number of imidazole rings is 1. The first-order valence-corrected chi connectivity index (χ1v) is 7.91. The SMILES string of the molecule is CCCc1nc(S(N)(=O)=O)cn1CCOC(C)(C)C. The third-order valence-electron chi connectivity index (χ3n) is 2.47. The second kappa shape index (κ2) is 6.02. The first kappa shape index (κ1) is 16.1. The van der Waals surface area contributed by atoms with E-state index in [1.807, 2.05) is 27.7 Å². The van der Waals surface area contributed by atoms with Gasteiger partial charge in [-0.2, -0.15) is 0 Å². The molecule has 1 aromatic rings. The van der Waals surface area contributed by atoms with Crippen LogP contribution in [0.15, 0.2) is 11.2 Å². The molecule has 0 radical (unpaired) electrons. The van der Waals surface area contributed by atoms with Crippen molar-refractivity contribution in [3.05, 3.63) is 12.0 Å². The van der Waals surface area contributed by atoms with Crippen molar-refractivity contribution in [1.29, 1.82) is 0 Å². The fraction of sp³-hybridized carbons (Fsp3) is 0.750. The van der Waals surface area contributed by atoms with Gasteiger partial charge in [0.05, 0.1) is 12.2 Å². The van der Waals surface area contributed by atoms with E-state index < -0.39 is 10.0 Å². The van der Waals surface area contributed by atoms with Crippen LogP contribution < -0.4 is 5.14 Å². The molecule has 0 aromatic carbocycles. The largest absolute Gasteiger partial charge is 0.374 e. The summed E-state index contributed by atoms with van der Waals surface area (Å²) in [6.45, 7) is 9.01. The molecule has 0 aliphatic heterocycles. The van der Waals surface area contributed by atoms with Crippen molar-refractivity contribution in [2.75, 3.05) is 6.61 Å². The van der Waals surface area contributed by atoms with Gasteiger partial charge in [-0.15, -0.1) is 0 Å². The average Bonchev–Trinajstić information content (AvgIpc) is 2.60. The molecule has 0 bridgehead atoms. The fourth-order valence-electron chi connectivity index (χ4n) is 1.63. The molecule has 0 saturated heterocycles. The van der Waals surface area contributed by atoms with E-state index in [0.29, 0.717) is 19.6 Å². The van der Waals surface area contributed by atoms with Gasteiger partial charge in [0.25, 0.3) is 10.0 Å². The lowest BCUT2D eigenvalue weighted by Crippen LogP contribution is -2.22. The van der Waals surface area contributed by atoms with Crippen LogP contribution in [0.2, 0.25) is 0 Å². The van der Waals surface area contributed by atoms with Crippen molar-refractivity contribution in [3.8, 4) is 0 Å². The van der Waals surface area contributed by atoms with Crippen molar-refractivity contribution in [3.63, 3.8) is 0 Å². The number of rotatable bonds is 6. The zero-order valence-corrected chi connectivity index (χ0v) is 12.8. The minimum absolute atomic E-state index is 0.0771. The third kappa shape index (κ3) is 5.30. The van der Waals surface area contributed by atoms with E-state index >= 15 is 0 Å². The van der Waals surface area contributed by atoms with Crippen LogP contribution in [0.1, 0.15) is 39.9 Å². The molecule has 0 saturated carbocycles. The van der Waals surface area contributed by atoms with Gasteiger partial charge in [0, 0.05) is 19.2 Å². The summed E-state index contributed by atoms with van der Waals surface area (Å²) in [5.74, 6) is 0.726. The summed E-state index contributed by atoms with van der Waals surface area (Å²) in [5.41, 5.74) is -0.214. The number of hydrogen-bond donors (Lipinski definition) is 1. The maximum absolute atomic E-state index is 11.3. The molecule has 0 spiro atoms. The molecule has 2 N–H and O–H groups in total. The Labute approximate surface area is 115 Å². The van der Waals surface area contributed by atoms with Gasteiger partial charge in [-0.3, -0.25) is 0 Å². The fourth-order valence-corrected chi connectivity index (χ4v) is 2.14. The van der Waals surface area contributed by atoms with Crippen LogP contribution in [0.5, 0.6) is 0 Å². The highest BCUT2D eigenvalue weighted by Gasteiger charge is 2.16. The minimum Gasteiger partial charge on any atom is -0.374 e. The molecule has 0 unspecified atom stereocenters. The Morgan fingerprint density at radius 1 is 1.42 bits per heavy atom. The van der Waals surface area contributed by atoms with Crippen LogP contribution >= 0.6 is 0 Å². The van der Waals surface area contributed by atoms with Gasteiger partial charge in [0.2, 0.25) is 0 Å². The Hall–Kier alpha value is -0.920. The summed E-state index contributed by atoms with van der Waals surface area (Å²) in [7, 11) is -3.75. The first-order valence-electron chi connectivity index (χ1n) is 6.36. The maximum Gasteiger partial charge on any atom is 0.257 e. The summed E-state index contributed by atoms with van der Waals surface area (Å²) < 4.78 is 30.0. The molecule has 1 heterocycles. The highest BCUT2D eigenvalue weighted by Crippen LogP contribution is 2.11. The summed E-state index contributed by atoms with van der Waals surface area (Å²) in [6.07, 6.45) is 3.08. The minimum atomic E-state index is -3.75. The summed E-state index contributed by atoms with van der Waals surface area (Å²) in [4.78, 5) is 4.08. The lowest BCUT2D eigenvalue weighted by atomic mass is 10.2. The standard InChI is InChI=1S/C12H23N3O3S/c1-5-6-10-14-11(19(13,16)17)9-15(10)7-8-18-12(2,3)4/h9H,5-8H2,1-4H3,(H2,13,16,17). The van der Waals surface area contributed by atoms with Gasteiger partial charge >= 0.3 is 0 Å². The zero-order valence-electron chi connectivity index (χ0n) is 12.0. The average molecular weight is 289 g/mol. The highest BCUT2D eigenvalue weighted by molar-refractivity contribution is 7.89. The smallest absolute Gasteiger partial charge is 0.257 e. The first-order chi connectivity index (χ1) is 8.63. The summed E-state index contributed by atoms with van der Waals surface area (Å²) in [5, 5.41) is 5.02. The number of aryl methyl sites for hydroxylation is 1. The Morgan fingerprint density at radius 2 is 2.05 bits per heavy atom. The molecule has 0 fully saturated rings. The van der Waals surface area contributed by atoms with E-state index in [1.54, 1.807) is 4.57 Å². The van der Waals surface area contributed by atoms with Crippen LogP contribution in [0.4, 0.5) is 0 Å². The highest BCUT2D eigenvalue weighted by atomic mass is 32.2. The molecular weight excluding hydrogens is 266 g/mol. The molecule has 1 rings (SSSR count). The number of primary sulfonamides is 1. The quantitative estimate of drug-likeness (QED) is 0.855. The van der Waals surface area contributed by atoms with Crippen molar-refractivity contribution in [1.82, 2.24) is 9.55 Å². The van der Waals surface area contributed by atoms with Gasteiger partial charge in [0.15, 0.2) is 5.03 Å². The van der Waals surface area contributed by atoms with E-state index in [9.17, 15) is 8.42 Å². The second-order valence-electron chi connectivity index (χ2n) is 5.44. The molecule has 0 aliphatic rings. The van der Waals surface area contributed by atoms with Gasteiger partial charge in [-0.05, 0) is 27.2 Å². The van der Waals surface area contributed by atoms with Crippen LogP contribution in [-0.4, -0.2) is 30.2 Å². The van der Waals surface area contributed by atoms with Gasteiger partial charge in [0.1, 0.15) is 5.82 Å². The van der Waals surface area contributed by atoms with Crippen molar-refractivity contribution in [2.24, 2.45) is 5.14 Å². The molecule has 0 atom stereocenters. The van der Waals surface area contributed by atoms with E-state index in [1.165, 1.54) is 6.20 Å². The van der Waals surface area contributed by atoms with E-state index in [0.717, 1.165) is 12.2 Å². The number of aromatic nitrogens is 2. The van der Waals surface area contributed by atoms with Crippen LogP contribution in [0.25, 0.3) is 0 Å². The predicted octanol–water partition coefficient (Wildman–Crippen LogP) is 1.30. The van der Waals surface area contributed by atoms with E-state index in [4.69, 9.17) is 9.88 Å². The maximum atomic E-state index is 11.3. The monoisotopic (exact) mass is 289 g/mol. The predicted molar refractivity (Wildman–Crippen MR) is 73.3 cm³/mol. The normalized spacial score (nSPS) is 12.9. The number of nitrogens with zero attached hydrogens (tertiary/aromatic N) is 2. The van der Waals surface area contributed by atoms with Crippen LogP contribution in [0.3, 0.4) is 0 Å². The Balaban J connectivity index is 2.83. The lowest BCUT2D eigenvalue weighted by molar-refractivity contribution is -0.00709. The summed E-state index contributed by atoms with van der Waals surface area (Å²) >= 11 is 0. The van der Waals surface area contributed by atoms with Gasteiger partial charge < -0.3 is 9.30 Å². The number of hydrogen-bond acceptors (Lipinski definition) is 4.